The average molecular weight is 820 g/mol. The molecular weight excluding hydrogens is 759 g/mol. The van der Waals surface area contributed by atoms with Gasteiger partial charge >= 0.3 is 0 Å². The third-order valence-electron chi connectivity index (χ3n) is 13.9. The van der Waals surface area contributed by atoms with Crippen LogP contribution in [-0.4, -0.2) is 81.5 Å². The van der Waals surface area contributed by atoms with E-state index in [0.717, 1.165) is 79.5 Å². The number of nitrogens with zero attached hydrogens (tertiary/aromatic N) is 2. The topological polar surface area (TPSA) is 168 Å². The first-order valence-electron chi connectivity index (χ1n) is 21.6. The molecule has 2 saturated heterocycles. The van der Waals surface area contributed by atoms with Crippen LogP contribution < -0.4 is 16.0 Å². The second-order valence-electron chi connectivity index (χ2n) is 19.2. The maximum Gasteiger partial charge on any atom is 0.246 e. The maximum atomic E-state index is 14.1. The molecule has 2 aliphatic heterocycles. The van der Waals surface area contributed by atoms with E-state index in [9.17, 15) is 24.3 Å². The summed E-state index contributed by atoms with van der Waals surface area (Å²) >= 11 is 1.58. The summed E-state index contributed by atoms with van der Waals surface area (Å²) in [5, 5.41) is 19.7. The molecular formula is C44H61N5O8S. The van der Waals surface area contributed by atoms with E-state index in [1.807, 2.05) is 57.5 Å². The lowest BCUT2D eigenvalue weighted by molar-refractivity contribution is -0.393. The average Bonchev–Trinajstić information content (AvgIpc) is 3.91. The number of aliphatic hydroxyl groups excluding tert-OH is 1. The Hall–Kier alpha value is -3.43. The van der Waals surface area contributed by atoms with Crippen LogP contribution >= 0.6 is 11.3 Å². The maximum absolute atomic E-state index is 14.1. The van der Waals surface area contributed by atoms with Crippen molar-refractivity contribution >= 4 is 35.0 Å². The molecule has 5 saturated carbocycles. The molecule has 4 N–H and O–H groups in total. The van der Waals surface area contributed by atoms with Crippen molar-refractivity contribution in [3.05, 3.63) is 41.0 Å². The molecule has 4 amide bonds. The number of aliphatic hydroxyl groups is 1. The van der Waals surface area contributed by atoms with E-state index in [1.54, 1.807) is 11.3 Å². The molecule has 2 aromatic rings. The van der Waals surface area contributed by atoms with E-state index >= 15 is 0 Å². The van der Waals surface area contributed by atoms with E-state index < -0.39 is 40.6 Å². The number of β-amino-alcohol motifs (C(OH)–C–C–N with tert-alkyl or cyclic N) is 1. The van der Waals surface area contributed by atoms with E-state index in [0.29, 0.717) is 25.3 Å². The number of nitrogens with one attached hydrogen (secondary N) is 3. The van der Waals surface area contributed by atoms with Gasteiger partial charge in [0, 0.05) is 57.2 Å². The number of thiazole rings is 1. The molecule has 5 unspecified atom stereocenters. The number of benzene rings is 1. The van der Waals surface area contributed by atoms with E-state index in [1.165, 1.54) is 11.3 Å². The number of unbranched alkanes of at least 4 members (excludes halogenated alkanes) is 1. The van der Waals surface area contributed by atoms with Gasteiger partial charge in [-0.1, -0.05) is 51.5 Å². The molecule has 9 rings (SSSR count). The van der Waals surface area contributed by atoms with Gasteiger partial charge in [0.2, 0.25) is 35.2 Å². The number of carbonyl (C=O) groups is 4. The molecule has 1 aromatic carbocycles. The number of amides is 4. The van der Waals surface area contributed by atoms with Crippen LogP contribution in [-0.2, 0) is 40.2 Å². The Balaban J connectivity index is 0.798. The largest absolute Gasteiger partial charge is 0.391 e. The number of carbonyl (C=O) groups excluding carboxylic acids is 4. The minimum absolute atomic E-state index is 0.0152. The predicted octanol–water partition coefficient (Wildman–Crippen LogP) is 5.68. The van der Waals surface area contributed by atoms with E-state index in [-0.39, 0.29) is 61.4 Å². The SMILES string of the molecule is Cc1ncsc1-c1ccc(CNC(=O)C2CC(O)CN2C(=O)C(NC(=O)CCCCNC(=O)C23CC4CC(C2)C2(OOC5(CCCCC5)O2)C(C4)C3)C(C)(C)C)cc1. The van der Waals surface area contributed by atoms with Gasteiger partial charge in [-0.05, 0) is 87.2 Å². The Morgan fingerprint density at radius 1 is 0.966 bits per heavy atom. The van der Waals surface area contributed by atoms with Gasteiger partial charge in [0.1, 0.15) is 12.1 Å². The number of ether oxygens (including phenoxy) is 1. The molecule has 13 nitrogen and oxygen atoms in total. The summed E-state index contributed by atoms with van der Waals surface area (Å²) in [6.07, 6.45) is 10.1. The number of aromatic nitrogens is 1. The van der Waals surface area contributed by atoms with Crippen LogP contribution in [0.1, 0.15) is 122 Å². The van der Waals surface area contributed by atoms with Crippen molar-refractivity contribution in [1.29, 1.82) is 0 Å². The van der Waals surface area contributed by atoms with Crippen LogP contribution in [0.2, 0.25) is 0 Å². The number of hydrogen-bond donors (Lipinski definition) is 4. The fraction of sp³-hybridized carbons (Fsp3) is 0.705. The lowest BCUT2D eigenvalue weighted by atomic mass is 9.47. The fourth-order valence-corrected chi connectivity index (χ4v) is 11.9. The number of aryl methyl sites for hydroxylation is 1. The van der Waals surface area contributed by atoms with Crippen LogP contribution in [0.25, 0.3) is 10.4 Å². The van der Waals surface area contributed by atoms with Gasteiger partial charge in [0.05, 0.1) is 27.6 Å². The van der Waals surface area contributed by atoms with Crippen molar-refractivity contribution in [2.45, 2.75) is 154 Å². The van der Waals surface area contributed by atoms with Crippen LogP contribution in [0.15, 0.2) is 29.8 Å². The Morgan fingerprint density at radius 2 is 1.69 bits per heavy atom. The minimum atomic E-state index is -0.895. The Bertz CT molecular complexity index is 1840. The highest BCUT2D eigenvalue weighted by molar-refractivity contribution is 7.13. The predicted molar refractivity (Wildman–Crippen MR) is 216 cm³/mol. The molecule has 14 heteroatoms. The highest BCUT2D eigenvalue weighted by Gasteiger charge is 2.71. The van der Waals surface area contributed by atoms with Gasteiger partial charge in [-0.25, -0.2) is 4.98 Å². The zero-order valence-corrected chi connectivity index (χ0v) is 35.3. The van der Waals surface area contributed by atoms with Crippen LogP contribution in [0.3, 0.4) is 0 Å². The summed E-state index contributed by atoms with van der Waals surface area (Å²) in [7, 11) is 0. The molecule has 7 fully saturated rings. The number of likely N-dealkylation sites (tertiary alicyclic amines) is 1. The van der Waals surface area contributed by atoms with Gasteiger partial charge in [-0.3, -0.25) is 19.2 Å². The lowest BCUT2D eigenvalue weighted by Gasteiger charge is -2.61. The molecule has 2 spiro atoms. The first-order valence-corrected chi connectivity index (χ1v) is 22.5. The van der Waals surface area contributed by atoms with Crippen LogP contribution in [0.4, 0.5) is 0 Å². The third kappa shape index (κ3) is 8.08. The standard InChI is InChI=1S/C44H61N5O8S/c1-27-36(58-26-47-27)30-13-11-28(12-14-30)24-46-38(52)34-20-33(50)25-49(34)39(53)37(41(2,3)4)48-35(51)10-6-9-17-45-40(54)42-21-29-18-31(22-42)44(32(19-29)23-42)55-43(56-57-44)15-7-5-8-16-43/h11-14,26,29,31-34,37,50H,5-10,15-25H2,1-4H3,(H,45,54)(H,46,52)(H,48,51). The monoisotopic (exact) mass is 819 g/mol. The summed E-state index contributed by atoms with van der Waals surface area (Å²) < 4.78 is 6.80. The highest BCUT2D eigenvalue weighted by atomic mass is 32.1. The lowest BCUT2D eigenvalue weighted by Crippen LogP contribution is -2.65. The molecule has 7 aliphatic rings. The number of hydrogen-bond acceptors (Lipinski definition) is 10. The third-order valence-corrected chi connectivity index (χ3v) is 14.9. The highest BCUT2D eigenvalue weighted by Crippen LogP contribution is 2.67. The second kappa shape index (κ2) is 16.2. The first kappa shape index (κ1) is 41.3. The van der Waals surface area contributed by atoms with Crippen LogP contribution in [0.5, 0.6) is 0 Å². The smallest absolute Gasteiger partial charge is 0.246 e. The zero-order valence-electron chi connectivity index (χ0n) is 34.5. The van der Waals surface area contributed by atoms with Gasteiger partial charge < -0.3 is 30.7 Å². The molecule has 3 heterocycles. The normalized spacial score (nSPS) is 31.5. The summed E-state index contributed by atoms with van der Waals surface area (Å²) in [4.78, 5) is 73.7. The summed E-state index contributed by atoms with van der Waals surface area (Å²) in [6.45, 7) is 8.37. The summed E-state index contributed by atoms with van der Waals surface area (Å²) in [6, 6.07) is 6.18. The second-order valence-corrected chi connectivity index (χ2v) is 20.1. The van der Waals surface area contributed by atoms with E-state index in [4.69, 9.17) is 14.5 Å². The van der Waals surface area contributed by atoms with Gasteiger partial charge in [0.15, 0.2) is 0 Å². The quantitative estimate of drug-likeness (QED) is 0.156. The molecule has 4 bridgehead atoms. The zero-order chi connectivity index (χ0) is 40.9. The van der Waals surface area contributed by atoms with Gasteiger partial charge in [0.25, 0.3) is 0 Å². The van der Waals surface area contributed by atoms with E-state index in [2.05, 4.69) is 20.9 Å². The van der Waals surface area contributed by atoms with Crippen molar-refractivity contribution in [2.24, 2.45) is 28.6 Å². The molecule has 5 atom stereocenters. The Labute approximate surface area is 345 Å². The van der Waals surface area contributed by atoms with Crippen molar-refractivity contribution in [3.63, 3.8) is 0 Å². The fourth-order valence-electron chi connectivity index (χ4n) is 11.1. The van der Waals surface area contributed by atoms with Gasteiger partial charge in [-0.2, -0.15) is 9.78 Å². The number of rotatable bonds is 12. The van der Waals surface area contributed by atoms with Crippen molar-refractivity contribution in [3.8, 4) is 10.4 Å². The van der Waals surface area contributed by atoms with Crippen LogP contribution in [0, 0.1) is 35.5 Å². The molecule has 316 valence electrons. The van der Waals surface area contributed by atoms with Crippen molar-refractivity contribution < 1.29 is 38.8 Å². The molecule has 5 aliphatic carbocycles. The Morgan fingerprint density at radius 3 is 2.36 bits per heavy atom. The molecule has 0 radical (unpaired) electrons. The minimum Gasteiger partial charge on any atom is -0.391 e. The van der Waals surface area contributed by atoms with Gasteiger partial charge in [-0.15, -0.1) is 11.3 Å². The summed E-state index contributed by atoms with van der Waals surface area (Å²) in [5.41, 5.74) is 3.70. The molecule has 58 heavy (non-hydrogen) atoms. The Kier molecular flexibility index (Phi) is 11.5. The molecule has 1 aromatic heterocycles. The van der Waals surface area contributed by atoms with Crippen molar-refractivity contribution in [1.82, 2.24) is 25.8 Å². The first-order chi connectivity index (χ1) is 27.7. The summed E-state index contributed by atoms with van der Waals surface area (Å²) in [5.74, 6) is -1.48. The van der Waals surface area contributed by atoms with Crippen molar-refractivity contribution in [2.75, 3.05) is 13.1 Å².